The molecule has 0 aliphatic carbocycles. The Hall–Kier alpha value is -2.71. The summed E-state index contributed by atoms with van der Waals surface area (Å²) in [6.45, 7) is 0. The van der Waals surface area contributed by atoms with Gasteiger partial charge in [-0.05, 0) is 30.3 Å². The number of nitriles is 1. The van der Waals surface area contributed by atoms with Crippen molar-refractivity contribution in [3.05, 3.63) is 58.9 Å². The van der Waals surface area contributed by atoms with Crippen LogP contribution in [0.15, 0.2) is 42.5 Å². The van der Waals surface area contributed by atoms with Gasteiger partial charge in [-0.1, -0.05) is 23.7 Å². The summed E-state index contributed by atoms with van der Waals surface area (Å²) >= 11 is 6.14. The average Bonchev–Trinajstić information content (AvgIpc) is 2.90. The minimum absolute atomic E-state index is 0.229. The van der Waals surface area contributed by atoms with Crippen LogP contribution in [-0.4, -0.2) is 14.8 Å². The third kappa shape index (κ3) is 2.45. The highest BCUT2D eigenvalue weighted by atomic mass is 35.5. The average molecular weight is 313 g/mol. The fraction of sp³-hybridized carbons (Fsp3) is 0.0625. The van der Waals surface area contributed by atoms with Gasteiger partial charge in [-0.3, -0.25) is 0 Å². The Bertz CT molecular complexity index is 895. The molecule has 0 aliphatic heterocycles. The van der Waals surface area contributed by atoms with Crippen LogP contribution >= 0.6 is 11.6 Å². The molecule has 4 nitrogen and oxygen atoms in total. The van der Waals surface area contributed by atoms with Gasteiger partial charge in [0.2, 0.25) is 0 Å². The Morgan fingerprint density at radius 1 is 1.18 bits per heavy atom. The maximum Gasteiger partial charge on any atom is 0.183 e. The van der Waals surface area contributed by atoms with Gasteiger partial charge in [-0.15, -0.1) is 0 Å². The van der Waals surface area contributed by atoms with Gasteiger partial charge >= 0.3 is 0 Å². The maximum absolute atomic E-state index is 14.0. The molecule has 0 saturated carbocycles. The van der Waals surface area contributed by atoms with Gasteiger partial charge in [0, 0.05) is 12.6 Å². The van der Waals surface area contributed by atoms with Crippen molar-refractivity contribution < 1.29 is 4.39 Å². The molecule has 0 bridgehead atoms. The fourth-order valence-corrected chi connectivity index (χ4v) is 2.36. The predicted molar refractivity (Wildman–Crippen MR) is 81.6 cm³/mol. The molecule has 0 fully saturated rings. The first kappa shape index (κ1) is 14.2. The summed E-state index contributed by atoms with van der Waals surface area (Å²) in [7, 11) is 1.67. The zero-order valence-electron chi connectivity index (χ0n) is 11.6. The minimum Gasteiger partial charge on any atom is -0.248 e. The van der Waals surface area contributed by atoms with Crippen molar-refractivity contribution in [2.75, 3.05) is 0 Å². The number of benzene rings is 2. The summed E-state index contributed by atoms with van der Waals surface area (Å²) in [6, 6.07) is 13.3. The highest BCUT2D eigenvalue weighted by molar-refractivity contribution is 6.33. The second kappa shape index (κ2) is 5.58. The zero-order valence-corrected chi connectivity index (χ0v) is 12.3. The molecule has 0 aliphatic rings. The maximum atomic E-state index is 14.0. The van der Waals surface area contributed by atoms with Gasteiger partial charge in [-0.2, -0.15) is 10.4 Å². The Balaban J connectivity index is 2.15. The predicted octanol–water partition coefficient (Wildman–Crippen LogP) is 3.81. The number of nitrogens with zero attached hydrogens (tertiary/aromatic N) is 4. The molecule has 0 unspecified atom stereocenters. The normalized spacial score (nSPS) is 10.5. The Kier molecular flexibility index (Phi) is 3.61. The minimum atomic E-state index is -0.458. The van der Waals surface area contributed by atoms with Gasteiger partial charge in [-0.25, -0.2) is 14.1 Å². The molecular formula is C16H10ClFN4. The Morgan fingerprint density at radius 2 is 1.95 bits per heavy atom. The van der Waals surface area contributed by atoms with Crippen LogP contribution < -0.4 is 0 Å². The highest BCUT2D eigenvalue weighted by Gasteiger charge is 2.16. The largest absolute Gasteiger partial charge is 0.248 e. The summed E-state index contributed by atoms with van der Waals surface area (Å²) < 4.78 is 15.5. The lowest BCUT2D eigenvalue weighted by Gasteiger charge is -2.02. The van der Waals surface area contributed by atoms with Gasteiger partial charge < -0.3 is 0 Å². The first-order valence-corrected chi connectivity index (χ1v) is 6.84. The lowest BCUT2D eigenvalue weighted by Crippen LogP contribution is -1.97. The van der Waals surface area contributed by atoms with Crippen LogP contribution in [0.25, 0.3) is 22.8 Å². The van der Waals surface area contributed by atoms with Crippen LogP contribution in [0.1, 0.15) is 5.56 Å². The Labute approximate surface area is 131 Å². The third-order valence-electron chi connectivity index (χ3n) is 3.21. The van der Waals surface area contributed by atoms with Crippen molar-refractivity contribution in [2.24, 2.45) is 7.05 Å². The van der Waals surface area contributed by atoms with E-state index in [-0.39, 0.29) is 5.56 Å². The summed E-state index contributed by atoms with van der Waals surface area (Å²) in [5.41, 5.74) is 1.26. The Morgan fingerprint density at radius 3 is 2.68 bits per heavy atom. The summed E-state index contributed by atoms with van der Waals surface area (Å²) in [5.74, 6) is 0.287. The van der Waals surface area contributed by atoms with E-state index in [9.17, 15) is 4.39 Å². The molecule has 0 radical (unpaired) electrons. The van der Waals surface area contributed by atoms with Gasteiger partial charge in [0.15, 0.2) is 11.6 Å². The third-order valence-corrected chi connectivity index (χ3v) is 3.54. The van der Waals surface area contributed by atoms with Crippen LogP contribution in [0.4, 0.5) is 4.39 Å². The molecule has 0 saturated heterocycles. The molecular weight excluding hydrogens is 303 g/mol. The van der Waals surface area contributed by atoms with Crippen LogP contribution in [0.3, 0.4) is 0 Å². The summed E-state index contributed by atoms with van der Waals surface area (Å²) in [6.07, 6.45) is 0. The lowest BCUT2D eigenvalue weighted by molar-refractivity contribution is 0.627. The molecule has 6 heteroatoms. The number of halogens is 2. The van der Waals surface area contributed by atoms with E-state index < -0.39 is 5.82 Å². The number of aromatic nitrogens is 3. The van der Waals surface area contributed by atoms with Crippen molar-refractivity contribution in [3.8, 4) is 28.8 Å². The van der Waals surface area contributed by atoms with E-state index in [0.29, 0.717) is 27.8 Å². The molecule has 0 N–H and O–H groups in total. The topological polar surface area (TPSA) is 54.5 Å². The molecule has 3 aromatic rings. The molecule has 22 heavy (non-hydrogen) atoms. The van der Waals surface area contributed by atoms with Crippen LogP contribution in [0, 0.1) is 17.1 Å². The molecule has 3 rings (SSSR count). The second-order valence-electron chi connectivity index (χ2n) is 4.67. The van der Waals surface area contributed by atoms with Crippen molar-refractivity contribution in [3.63, 3.8) is 0 Å². The summed E-state index contributed by atoms with van der Waals surface area (Å²) in [5, 5.41) is 13.8. The standard InChI is InChI=1S/C16H10ClFN4/c1-22-16(12-8-10(9-19)6-7-14(12)18)20-15(21-22)11-4-2-3-5-13(11)17/h2-8H,1H3. The molecule has 0 atom stereocenters. The summed E-state index contributed by atoms with van der Waals surface area (Å²) in [4.78, 5) is 4.37. The van der Waals surface area contributed by atoms with Gasteiger partial charge in [0.1, 0.15) is 5.82 Å². The van der Waals surface area contributed by atoms with Crippen LogP contribution in [0.5, 0.6) is 0 Å². The van der Waals surface area contributed by atoms with Crippen molar-refractivity contribution in [1.82, 2.24) is 14.8 Å². The van der Waals surface area contributed by atoms with E-state index >= 15 is 0 Å². The fourth-order valence-electron chi connectivity index (χ4n) is 2.14. The van der Waals surface area contributed by atoms with Crippen LogP contribution in [0.2, 0.25) is 5.02 Å². The zero-order chi connectivity index (χ0) is 15.7. The number of hydrogen-bond acceptors (Lipinski definition) is 3. The van der Waals surface area contributed by atoms with Gasteiger partial charge in [0.25, 0.3) is 0 Å². The number of hydrogen-bond donors (Lipinski definition) is 0. The number of aryl methyl sites for hydroxylation is 1. The van der Waals surface area contributed by atoms with E-state index in [0.717, 1.165) is 0 Å². The second-order valence-corrected chi connectivity index (χ2v) is 5.08. The smallest absolute Gasteiger partial charge is 0.183 e. The van der Waals surface area contributed by atoms with Crippen molar-refractivity contribution in [1.29, 1.82) is 5.26 Å². The van der Waals surface area contributed by atoms with E-state index in [4.69, 9.17) is 16.9 Å². The van der Waals surface area contributed by atoms with E-state index in [1.54, 1.807) is 19.2 Å². The quantitative estimate of drug-likeness (QED) is 0.723. The molecule has 108 valence electrons. The van der Waals surface area contributed by atoms with E-state index in [1.165, 1.54) is 22.9 Å². The monoisotopic (exact) mass is 312 g/mol. The van der Waals surface area contributed by atoms with E-state index in [1.807, 2.05) is 18.2 Å². The molecule has 2 aromatic carbocycles. The first-order valence-electron chi connectivity index (χ1n) is 6.46. The molecule has 1 heterocycles. The van der Waals surface area contributed by atoms with Crippen molar-refractivity contribution >= 4 is 11.6 Å². The number of rotatable bonds is 2. The lowest BCUT2D eigenvalue weighted by atomic mass is 10.1. The molecule has 0 spiro atoms. The SMILES string of the molecule is Cn1nc(-c2ccccc2Cl)nc1-c1cc(C#N)ccc1F. The molecule has 0 amide bonds. The van der Waals surface area contributed by atoms with Gasteiger partial charge in [0.05, 0.1) is 22.2 Å². The van der Waals surface area contributed by atoms with E-state index in [2.05, 4.69) is 10.1 Å². The van der Waals surface area contributed by atoms with Crippen LogP contribution in [-0.2, 0) is 7.05 Å². The van der Waals surface area contributed by atoms with Crippen molar-refractivity contribution in [2.45, 2.75) is 0 Å². The molecule has 1 aromatic heterocycles. The first-order chi connectivity index (χ1) is 10.6. The highest BCUT2D eigenvalue weighted by Crippen LogP contribution is 2.28.